The minimum atomic E-state index is -0.206. The van der Waals surface area contributed by atoms with Crippen molar-refractivity contribution in [2.24, 2.45) is 0 Å². The first kappa shape index (κ1) is 9.41. The van der Waals surface area contributed by atoms with Gasteiger partial charge in [-0.2, -0.15) is 0 Å². The molecule has 0 bridgehead atoms. The van der Waals surface area contributed by atoms with Crippen molar-refractivity contribution < 1.29 is 4.79 Å². The highest BCUT2D eigenvalue weighted by molar-refractivity contribution is 9.10. The third kappa shape index (κ3) is 2.42. The molecule has 12 heavy (non-hydrogen) atoms. The van der Waals surface area contributed by atoms with Crippen LogP contribution < -0.4 is 5.32 Å². The highest BCUT2D eigenvalue weighted by atomic mass is 79.9. The highest BCUT2D eigenvalue weighted by Gasteiger charge is 2.02. The monoisotopic (exact) mass is 249 g/mol. The molecule has 4 nitrogen and oxygen atoms in total. The molecule has 6 heteroatoms. The molecule has 1 amide bonds. The zero-order chi connectivity index (χ0) is 9.14. The molecule has 0 aliphatic carbocycles. The molecule has 1 heterocycles. The molecular formula is C6H5BrClN3O. The lowest BCUT2D eigenvalue weighted by Gasteiger charge is -2.00. The molecule has 0 aliphatic rings. The highest BCUT2D eigenvalue weighted by Crippen LogP contribution is 2.18. The summed E-state index contributed by atoms with van der Waals surface area (Å²) >= 11 is 8.70. The van der Waals surface area contributed by atoms with Crippen LogP contribution in [0, 0.1) is 0 Å². The first-order chi connectivity index (χ1) is 5.59. The summed E-state index contributed by atoms with van der Waals surface area (Å²) in [4.78, 5) is 18.3. The average molecular weight is 250 g/mol. The largest absolute Gasteiger partial charge is 0.310 e. The zero-order valence-electron chi connectivity index (χ0n) is 6.14. The maximum Gasteiger partial charge on any atom is 0.222 e. The second kappa shape index (κ2) is 3.82. The van der Waals surface area contributed by atoms with Gasteiger partial charge in [0.05, 0.1) is 6.20 Å². The molecule has 0 aliphatic heterocycles. The fraction of sp³-hybridized carbons (Fsp3) is 0.167. The van der Waals surface area contributed by atoms with Crippen LogP contribution in [0.1, 0.15) is 6.92 Å². The van der Waals surface area contributed by atoms with E-state index in [1.54, 1.807) is 0 Å². The number of nitrogens with one attached hydrogen (secondary N) is 1. The Morgan fingerprint density at radius 1 is 1.75 bits per heavy atom. The molecule has 0 spiro atoms. The number of carbonyl (C=O) groups is 1. The summed E-state index contributed by atoms with van der Waals surface area (Å²) < 4.78 is 0.457. The summed E-state index contributed by atoms with van der Waals surface area (Å²) in [6.07, 6.45) is 1.41. The topological polar surface area (TPSA) is 54.9 Å². The Balaban J connectivity index is 2.89. The molecule has 64 valence electrons. The minimum absolute atomic E-state index is 0.206. The van der Waals surface area contributed by atoms with Gasteiger partial charge in [0.15, 0.2) is 11.0 Å². The number of nitrogens with zero attached hydrogens (tertiary/aromatic N) is 2. The van der Waals surface area contributed by atoms with Crippen LogP contribution >= 0.6 is 27.5 Å². The van der Waals surface area contributed by atoms with Gasteiger partial charge in [-0.1, -0.05) is 11.6 Å². The first-order valence-corrected chi connectivity index (χ1v) is 4.22. The molecule has 0 atom stereocenters. The Hall–Kier alpha value is -0.680. The van der Waals surface area contributed by atoms with Gasteiger partial charge in [0.1, 0.15) is 4.60 Å². The van der Waals surface area contributed by atoms with Crippen LogP contribution in [0.5, 0.6) is 0 Å². The molecule has 1 rings (SSSR count). The summed E-state index contributed by atoms with van der Waals surface area (Å²) in [6.45, 7) is 1.39. The average Bonchev–Trinajstić information content (AvgIpc) is 1.96. The predicted molar refractivity (Wildman–Crippen MR) is 49.0 cm³/mol. The maximum absolute atomic E-state index is 10.6. The van der Waals surface area contributed by atoms with Crippen LogP contribution in [0.2, 0.25) is 5.15 Å². The Morgan fingerprint density at radius 3 is 2.92 bits per heavy atom. The van der Waals surface area contributed by atoms with Crippen LogP contribution in [0.25, 0.3) is 0 Å². The molecule has 0 saturated carbocycles. The molecule has 0 fully saturated rings. The van der Waals surface area contributed by atoms with Crippen molar-refractivity contribution in [3.8, 4) is 0 Å². The van der Waals surface area contributed by atoms with E-state index in [0.717, 1.165) is 0 Å². The number of carbonyl (C=O) groups excluding carboxylic acids is 1. The van der Waals surface area contributed by atoms with E-state index < -0.39 is 0 Å². The Kier molecular flexibility index (Phi) is 2.99. The van der Waals surface area contributed by atoms with Crippen molar-refractivity contribution in [1.29, 1.82) is 0 Å². The smallest absolute Gasteiger partial charge is 0.222 e. The Bertz CT molecular complexity index is 318. The summed E-state index contributed by atoms with van der Waals surface area (Å²) in [5.41, 5.74) is 0. The maximum atomic E-state index is 10.6. The van der Waals surface area contributed by atoms with Gasteiger partial charge in [-0.05, 0) is 15.9 Å². The summed E-state index contributed by atoms with van der Waals surface area (Å²) in [5.74, 6) is 0.137. The van der Waals surface area contributed by atoms with Crippen LogP contribution in [-0.4, -0.2) is 15.9 Å². The van der Waals surface area contributed by atoms with Crippen LogP contribution in [-0.2, 0) is 4.79 Å². The third-order valence-corrected chi connectivity index (χ3v) is 2.07. The number of anilines is 1. The SMILES string of the molecule is CC(=O)Nc1cnc(Br)c(Cl)n1. The van der Waals surface area contributed by atoms with Crippen LogP contribution in [0.4, 0.5) is 5.82 Å². The van der Waals surface area contributed by atoms with Gasteiger partial charge >= 0.3 is 0 Å². The van der Waals surface area contributed by atoms with E-state index >= 15 is 0 Å². The first-order valence-electron chi connectivity index (χ1n) is 3.05. The molecule has 0 aromatic carbocycles. The van der Waals surface area contributed by atoms with Gasteiger partial charge < -0.3 is 5.32 Å². The molecule has 1 N–H and O–H groups in total. The molecule has 1 aromatic heterocycles. The fourth-order valence-electron chi connectivity index (χ4n) is 0.592. The van der Waals surface area contributed by atoms with Crippen molar-refractivity contribution >= 4 is 39.3 Å². The molecule has 1 aromatic rings. The molecular weight excluding hydrogens is 245 g/mol. The van der Waals surface area contributed by atoms with Crippen molar-refractivity contribution in [3.63, 3.8) is 0 Å². The number of amides is 1. The fourth-order valence-corrected chi connectivity index (χ4v) is 0.923. The number of aromatic nitrogens is 2. The number of hydrogen-bond donors (Lipinski definition) is 1. The van der Waals surface area contributed by atoms with Gasteiger partial charge in [0, 0.05) is 6.92 Å². The summed E-state index contributed by atoms with van der Waals surface area (Å²) in [7, 11) is 0. The van der Waals surface area contributed by atoms with Crippen LogP contribution in [0.15, 0.2) is 10.8 Å². The second-order valence-corrected chi connectivity index (χ2v) is 3.13. The third-order valence-electron chi connectivity index (χ3n) is 0.993. The molecule has 0 unspecified atom stereocenters. The van der Waals surface area contributed by atoms with Crippen molar-refractivity contribution in [1.82, 2.24) is 9.97 Å². The van der Waals surface area contributed by atoms with E-state index in [-0.39, 0.29) is 11.1 Å². The second-order valence-electron chi connectivity index (χ2n) is 2.02. The van der Waals surface area contributed by atoms with Crippen LogP contribution in [0.3, 0.4) is 0 Å². The van der Waals surface area contributed by atoms with E-state index in [4.69, 9.17) is 11.6 Å². The normalized spacial score (nSPS) is 9.58. The van der Waals surface area contributed by atoms with Gasteiger partial charge in [-0.15, -0.1) is 0 Å². The summed E-state index contributed by atoms with van der Waals surface area (Å²) in [5, 5.41) is 2.68. The molecule has 0 saturated heterocycles. The lowest BCUT2D eigenvalue weighted by molar-refractivity contribution is -0.114. The van der Waals surface area contributed by atoms with E-state index in [0.29, 0.717) is 10.4 Å². The summed E-state index contributed by atoms with van der Waals surface area (Å²) in [6, 6.07) is 0. The Morgan fingerprint density at radius 2 is 2.42 bits per heavy atom. The van der Waals surface area contributed by atoms with E-state index in [9.17, 15) is 4.79 Å². The predicted octanol–water partition coefficient (Wildman–Crippen LogP) is 1.85. The number of rotatable bonds is 1. The quantitative estimate of drug-likeness (QED) is 0.827. The standard InChI is InChI=1S/C6H5BrClN3O/c1-3(12)10-4-2-9-5(7)6(8)11-4/h2H,1H3,(H,10,11,12). The van der Waals surface area contributed by atoms with E-state index in [2.05, 4.69) is 31.2 Å². The number of halogens is 2. The van der Waals surface area contributed by atoms with Crippen molar-refractivity contribution in [2.75, 3.05) is 5.32 Å². The van der Waals surface area contributed by atoms with Gasteiger partial charge in [0.25, 0.3) is 0 Å². The minimum Gasteiger partial charge on any atom is -0.310 e. The van der Waals surface area contributed by atoms with Crippen molar-refractivity contribution in [3.05, 3.63) is 16.0 Å². The van der Waals surface area contributed by atoms with Gasteiger partial charge in [0.2, 0.25) is 5.91 Å². The van der Waals surface area contributed by atoms with Gasteiger partial charge in [-0.3, -0.25) is 4.79 Å². The molecule has 0 radical (unpaired) electrons. The van der Waals surface area contributed by atoms with E-state index in [1.165, 1.54) is 13.1 Å². The van der Waals surface area contributed by atoms with Crippen molar-refractivity contribution in [2.45, 2.75) is 6.92 Å². The number of hydrogen-bond acceptors (Lipinski definition) is 3. The zero-order valence-corrected chi connectivity index (χ0v) is 8.48. The Labute approximate surface area is 82.5 Å². The van der Waals surface area contributed by atoms with Gasteiger partial charge in [-0.25, -0.2) is 9.97 Å². The lowest BCUT2D eigenvalue weighted by atomic mass is 10.6. The van der Waals surface area contributed by atoms with E-state index in [1.807, 2.05) is 0 Å². The lowest BCUT2D eigenvalue weighted by Crippen LogP contribution is -2.07.